The summed E-state index contributed by atoms with van der Waals surface area (Å²) in [6, 6.07) is 0. The molecule has 1 aliphatic heterocycles. The lowest BCUT2D eigenvalue weighted by molar-refractivity contribution is -0.0193. The average Bonchev–Trinajstić information content (AvgIpc) is 2.49. The van der Waals surface area contributed by atoms with Crippen molar-refractivity contribution in [2.45, 2.75) is 24.5 Å². The van der Waals surface area contributed by atoms with Crippen molar-refractivity contribution in [2.75, 3.05) is 12.5 Å². The first-order valence-corrected chi connectivity index (χ1v) is 10.6. The minimum Gasteiger partial charge on any atom is -0.387 e. The number of hydrogen-bond donors (Lipinski definition) is 7. The fourth-order valence-electron chi connectivity index (χ4n) is 1.53. The van der Waals surface area contributed by atoms with E-state index in [2.05, 4.69) is 8.83 Å². The Morgan fingerprint density at radius 3 is 2.00 bits per heavy atom. The van der Waals surface area contributed by atoms with Crippen LogP contribution in [0.15, 0.2) is 0 Å². The van der Waals surface area contributed by atoms with Crippen LogP contribution < -0.4 is 5.73 Å². The summed E-state index contributed by atoms with van der Waals surface area (Å²) in [5.74, 6) is -1.68. The Morgan fingerprint density at radius 2 is 1.59 bits per heavy atom. The molecule has 16 heteroatoms. The van der Waals surface area contributed by atoms with E-state index in [-0.39, 0.29) is 0 Å². The number of ether oxygens (including phenoxy) is 1. The van der Waals surface area contributed by atoms with Crippen molar-refractivity contribution in [3.05, 3.63) is 0 Å². The number of nitrogens with two attached hydrogens (primary N) is 1. The molecular formula is C6H16NO12P3. The molecule has 0 amide bonds. The van der Waals surface area contributed by atoms with Gasteiger partial charge in [-0.1, -0.05) is 0 Å². The van der Waals surface area contributed by atoms with Crippen LogP contribution in [0.1, 0.15) is 0 Å². The maximum atomic E-state index is 11.4. The molecule has 0 aliphatic carbocycles. The van der Waals surface area contributed by atoms with Gasteiger partial charge in [0.15, 0.2) is 5.90 Å². The molecule has 2 unspecified atom stereocenters. The van der Waals surface area contributed by atoms with Crippen molar-refractivity contribution in [1.29, 1.82) is 0 Å². The number of aliphatic hydroxyl groups excluding tert-OH is 2. The molecule has 1 rings (SSSR count). The van der Waals surface area contributed by atoms with E-state index in [1.54, 1.807) is 0 Å². The van der Waals surface area contributed by atoms with Crippen LogP contribution in [-0.2, 0) is 27.3 Å². The highest BCUT2D eigenvalue weighted by Gasteiger charge is 2.44. The predicted octanol–water partition coefficient (Wildman–Crippen LogP) is -2.15. The molecule has 0 radical (unpaired) electrons. The smallest absolute Gasteiger partial charge is 0.387 e. The summed E-state index contributed by atoms with van der Waals surface area (Å²) in [6.45, 7) is -0.838. The molecule has 132 valence electrons. The maximum Gasteiger partial charge on any atom is 0.479 e. The van der Waals surface area contributed by atoms with Gasteiger partial charge in [-0.25, -0.2) is 8.88 Å². The Hall–Kier alpha value is 0.290. The lowest BCUT2D eigenvalue weighted by atomic mass is 10.1. The van der Waals surface area contributed by atoms with E-state index in [1.165, 1.54) is 0 Å². The molecule has 1 saturated heterocycles. The predicted molar refractivity (Wildman–Crippen MR) is 68.5 cm³/mol. The molecule has 13 nitrogen and oxygen atoms in total. The average molecular weight is 387 g/mol. The SMILES string of the molecule is N[C@@H]1O[C@H](COP(=O)(O)OP(=O)(O)CP(=O)(O)O)[C@@H](O)[C@H]1O. The zero-order valence-electron chi connectivity index (χ0n) is 10.8. The van der Waals surface area contributed by atoms with Crippen LogP contribution >= 0.6 is 23.0 Å². The fourth-order valence-corrected chi connectivity index (χ4v) is 5.87. The quantitative estimate of drug-likeness (QED) is 0.231. The van der Waals surface area contributed by atoms with Gasteiger partial charge >= 0.3 is 23.0 Å². The Balaban J connectivity index is 2.60. The normalized spacial score (nSPS) is 35.0. The Labute approximate surface area is 123 Å². The third-order valence-electron chi connectivity index (χ3n) is 2.40. The van der Waals surface area contributed by atoms with Gasteiger partial charge in [0.25, 0.3) is 0 Å². The molecule has 22 heavy (non-hydrogen) atoms. The van der Waals surface area contributed by atoms with E-state index in [0.29, 0.717) is 0 Å². The van der Waals surface area contributed by atoms with Crippen LogP contribution in [0.3, 0.4) is 0 Å². The molecule has 8 N–H and O–H groups in total. The van der Waals surface area contributed by atoms with Gasteiger partial charge in [0.05, 0.1) is 6.61 Å². The van der Waals surface area contributed by atoms with Crippen molar-refractivity contribution in [2.24, 2.45) is 5.73 Å². The standard InChI is InChI=1S/C6H16NO12P3/c7-6-5(9)4(8)3(18-6)1-17-22(15,16)19-21(13,14)2-20(10,11)12/h3-6,8-9H,1-2,7H2,(H,13,14)(H,15,16)(H2,10,11,12)/t3-,4-,5-,6-/m1/s1. The zero-order chi connectivity index (χ0) is 17.3. The molecule has 0 bridgehead atoms. The lowest BCUT2D eigenvalue weighted by Crippen LogP contribution is -2.37. The molecule has 1 aliphatic rings. The topological polar surface area (TPSA) is 226 Å². The number of phosphoric ester groups is 1. The highest BCUT2D eigenvalue weighted by atomic mass is 31.3. The van der Waals surface area contributed by atoms with E-state index in [9.17, 15) is 28.8 Å². The van der Waals surface area contributed by atoms with E-state index >= 15 is 0 Å². The van der Waals surface area contributed by atoms with Crippen molar-refractivity contribution < 1.29 is 57.1 Å². The second kappa shape index (κ2) is 7.04. The highest BCUT2D eigenvalue weighted by molar-refractivity contribution is 7.73. The lowest BCUT2D eigenvalue weighted by Gasteiger charge is -2.19. The first kappa shape index (κ1) is 20.3. The maximum absolute atomic E-state index is 11.4. The van der Waals surface area contributed by atoms with Crippen molar-refractivity contribution >= 4 is 23.0 Å². The van der Waals surface area contributed by atoms with Gasteiger partial charge in [-0.3, -0.25) is 13.7 Å². The second-order valence-electron chi connectivity index (χ2n) is 4.41. The molecule has 6 atom stereocenters. The fraction of sp³-hybridized carbons (Fsp3) is 1.00. The molecule has 0 aromatic rings. The van der Waals surface area contributed by atoms with Crippen LogP contribution in [0.5, 0.6) is 0 Å². The van der Waals surface area contributed by atoms with E-state index in [0.717, 1.165) is 0 Å². The minimum absolute atomic E-state index is 0.838. The number of phosphoric acid groups is 1. The summed E-state index contributed by atoms with van der Waals surface area (Å²) in [5.41, 5.74) is 5.25. The third kappa shape index (κ3) is 6.42. The van der Waals surface area contributed by atoms with Crippen molar-refractivity contribution in [3.63, 3.8) is 0 Å². The largest absolute Gasteiger partial charge is 0.479 e. The minimum atomic E-state index is -5.19. The summed E-state index contributed by atoms with van der Waals surface area (Å²) in [4.78, 5) is 35.4. The molecule has 1 fully saturated rings. The van der Waals surface area contributed by atoms with Gasteiger partial charge in [0, 0.05) is 0 Å². The zero-order valence-corrected chi connectivity index (χ0v) is 13.5. The molecule has 0 spiro atoms. The summed E-state index contributed by atoms with van der Waals surface area (Å²) in [6.07, 6.45) is -5.58. The van der Waals surface area contributed by atoms with Crippen LogP contribution in [0, 0.1) is 0 Å². The molecule has 1 heterocycles. The summed E-state index contributed by atoms with van der Waals surface area (Å²) in [5, 5.41) is 18.7. The van der Waals surface area contributed by atoms with E-state index in [4.69, 9.17) is 25.2 Å². The van der Waals surface area contributed by atoms with Crippen molar-refractivity contribution in [1.82, 2.24) is 0 Å². The number of rotatable bonds is 7. The van der Waals surface area contributed by atoms with Gasteiger partial charge in [0.2, 0.25) is 0 Å². The Kier molecular flexibility index (Phi) is 6.51. The molecule has 0 aromatic carbocycles. The highest BCUT2D eigenvalue weighted by Crippen LogP contribution is 2.64. The summed E-state index contributed by atoms with van der Waals surface area (Å²) < 4.78 is 46.2. The first-order chi connectivity index (χ1) is 9.72. The second-order valence-corrected chi connectivity index (χ2v) is 9.99. The monoisotopic (exact) mass is 387 g/mol. The third-order valence-corrected chi connectivity index (χ3v) is 7.62. The van der Waals surface area contributed by atoms with Gasteiger partial charge < -0.3 is 40.3 Å². The van der Waals surface area contributed by atoms with Crippen molar-refractivity contribution in [3.8, 4) is 0 Å². The Bertz CT molecular complexity index is 533. The van der Waals surface area contributed by atoms with E-state index < -0.39 is 60.1 Å². The van der Waals surface area contributed by atoms with E-state index in [1.807, 2.05) is 0 Å². The van der Waals surface area contributed by atoms with Gasteiger partial charge in [-0.2, -0.15) is 0 Å². The molecule has 0 saturated carbocycles. The van der Waals surface area contributed by atoms with Crippen LogP contribution in [-0.4, -0.2) is 66.8 Å². The van der Waals surface area contributed by atoms with Crippen LogP contribution in [0.25, 0.3) is 0 Å². The molecular weight excluding hydrogens is 371 g/mol. The number of aliphatic hydroxyl groups is 2. The van der Waals surface area contributed by atoms with Gasteiger partial charge in [0.1, 0.15) is 24.5 Å². The summed E-state index contributed by atoms with van der Waals surface area (Å²) >= 11 is 0. The Morgan fingerprint density at radius 1 is 1.05 bits per heavy atom. The first-order valence-electron chi connectivity index (χ1n) is 5.55. The van der Waals surface area contributed by atoms with Crippen LogP contribution in [0.2, 0.25) is 0 Å². The molecule has 0 aromatic heterocycles. The summed E-state index contributed by atoms with van der Waals surface area (Å²) in [7, 11) is -15.3. The van der Waals surface area contributed by atoms with Crippen LogP contribution in [0.4, 0.5) is 0 Å². The van der Waals surface area contributed by atoms with Gasteiger partial charge in [-0.15, -0.1) is 0 Å². The van der Waals surface area contributed by atoms with Gasteiger partial charge in [-0.05, 0) is 0 Å². The number of hydrogen-bond acceptors (Lipinski definition) is 9.